The van der Waals surface area contributed by atoms with Crippen molar-refractivity contribution in [2.24, 2.45) is 5.92 Å². The maximum Gasteiger partial charge on any atom is 0.306 e. The first kappa shape index (κ1) is 22.5. The average molecular weight is 384 g/mol. The van der Waals surface area contributed by atoms with Gasteiger partial charge in [0.05, 0.1) is 6.26 Å². The number of amides is 1. The molecule has 0 unspecified atom stereocenters. The third-order valence-corrected chi connectivity index (χ3v) is 4.88. The lowest BCUT2D eigenvalue weighted by Crippen LogP contribution is -2.36. The second-order valence-electron chi connectivity index (χ2n) is 6.79. The number of nitrogens with zero attached hydrogens (tertiary/aromatic N) is 1. The van der Waals surface area contributed by atoms with Crippen molar-refractivity contribution < 1.29 is 17.4 Å². The van der Waals surface area contributed by atoms with Crippen LogP contribution in [0.15, 0.2) is 24.3 Å². The molecule has 6 heteroatoms. The van der Waals surface area contributed by atoms with Crippen molar-refractivity contribution in [3.05, 3.63) is 29.8 Å². The fourth-order valence-corrected chi connectivity index (χ4v) is 3.33. The highest BCUT2D eigenvalue weighted by Crippen LogP contribution is 2.20. The molecule has 0 heterocycles. The van der Waals surface area contributed by atoms with Crippen molar-refractivity contribution in [1.29, 1.82) is 0 Å². The van der Waals surface area contributed by atoms with E-state index >= 15 is 0 Å². The SMILES string of the molecule is CCCC[C@@H](CC)C(=O)N(CCCC)Cc1ccc(OS(C)(=O)=O)cc1. The van der Waals surface area contributed by atoms with Crippen LogP contribution in [0.2, 0.25) is 0 Å². The summed E-state index contributed by atoms with van der Waals surface area (Å²) in [6.07, 6.45) is 7.01. The molecule has 0 aliphatic rings. The maximum absolute atomic E-state index is 13.0. The first-order valence-electron chi connectivity index (χ1n) is 9.57. The molecule has 0 aromatic heterocycles. The average Bonchev–Trinajstić information content (AvgIpc) is 2.59. The zero-order chi connectivity index (χ0) is 19.6. The highest BCUT2D eigenvalue weighted by Gasteiger charge is 2.22. The standard InChI is InChI=1S/C20H33NO4S/c1-5-8-10-18(7-3)20(22)21(15-9-6-2)16-17-11-13-19(14-12-17)25-26(4,23)24/h11-14,18H,5-10,15-16H2,1-4H3/t18-/m1/s1. The summed E-state index contributed by atoms with van der Waals surface area (Å²) in [7, 11) is -3.53. The van der Waals surface area contributed by atoms with Gasteiger partial charge in [-0.25, -0.2) is 0 Å². The minimum atomic E-state index is -3.53. The van der Waals surface area contributed by atoms with Crippen LogP contribution < -0.4 is 4.18 Å². The summed E-state index contributed by atoms with van der Waals surface area (Å²) in [6, 6.07) is 6.90. The second kappa shape index (κ2) is 11.2. The third kappa shape index (κ3) is 8.21. The molecule has 1 aromatic carbocycles. The molecule has 0 aliphatic carbocycles. The minimum absolute atomic E-state index is 0.0830. The molecule has 0 aliphatic heterocycles. The van der Waals surface area contributed by atoms with E-state index in [1.54, 1.807) is 12.1 Å². The van der Waals surface area contributed by atoms with Gasteiger partial charge in [-0.15, -0.1) is 0 Å². The molecular formula is C20H33NO4S. The predicted molar refractivity (Wildman–Crippen MR) is 106 cm³/mol. The van der Waals surface area contributed by atoms with Gasteiger partial charge in [-0.3, -0.25) is 4.79 Å². The van der Waals surface area contributed by atoms with Crippen LogP contribution in [-0.4, -0.2) is 32.0 Å². The number of hydrogen-bond donors (Lipinski definition) is 0. The molecule has 0 saturated carbocycles. The quantitative estimate of drug-likeness (QED) is 0.503. The van der Waals surface area contributed by atoms with E-state index in [0.29, 0.717) is 6.54 Å². The Labute approximate surface area is 158 Å². The Hall–Kier alpha value is -1.56. The van der Waals surface area contributed by atoms with E-state index in [1.165, 1.54) is 0 Å². The smallest absolute Gasteiger partial charge is 0.306 e. The van der Waals surface area contributed by atoms with Crippen LogP contribution in [-0.2, 0) is 21.5 Å². The Balaban J connectivity index is 2.84. The molecule has 148 valence electrons. The van der Waals surface area contributed by atoms with Gasteiger partial charge in [-0.1, -0.05) is 52.2 Å². The lowest BCUT2D eigenvalue weighted by atomic mass is 9.97. The Bertz CT molecular complexity index is 640. The Morgan fingerprint density at radius 1 is 1.08 bits per heavy atom. The van der Waals surface area contributed by atoms with E-state index in [2.05, 4.69) is 20.8 Å². The van der Waals surface area contributed by atoms with Crippen LogP contribution in [0, 0.1) is 5.92 Å². The summed E-state index contributed by atoms with van der Waals surface area (Å²) in [5, 5.41) is 0. The number of rotatable bonds is 12. The minimum Gasteiger partial charge on any atom is -0.383 e. The Morgan fingerprint density at radius 3 is 2.19 bits per heavy atom. The summed E-state index contributed by atoms with van der Waals surface area (Å²) in [4.78, 5) is 14.9. The maximum atomic E-state index is 13.0. The molecule has 5 nitrogen and oxygen atoms in total. The zero-order valence-electron chi connectivity index (χ0n) is 16.5. The largest absolute Gasteiger partial charge is 0.383 e. The summed E-state index contributed by atoms with van der Waals surface area (Å²) in [5.74, 6) is 0.600. The molecule has 1 amide bonds. The molecule has 26 heavy (non-hydrogen) atoms. The van der Waals surface area contributed by atoms with Crippen LogP contribution in [0.5, 0.6) is 5.75 Å². The zero-order valence-corrected chi connectivity index (χ0v) is 17.3. The van der Waals surface area contributed by atoms with E-state index < -0.39 is 10.1 Å². The molecule has 0 fully saturated rings. The summed E-state index contributed by atoms with van der Waals surface area (Å²) >= 11 is 0. The van der Waals surface area contributed by atoms with Crippen molar-refractivity contribution in [2.45, 2.75) is 65.8 Å². The number of carbonyl (C=O) groups excluding carboxylic acids is 1. The lowest BCUT2D eigenvalue weighted by molar-refractivity contribution is -0.136. The molecule has 0 bridgehead atoms. The number of hydrogen-bond acceptors (Lipinski definition) is 4. The van der Waals surface area contributed by atoms with Crippen molar-refractivity contribution in [3.63, 3.8) is 0 Å². The van der Waals surface area contributed by atoms with Gasteiger partial charge in [0.15, 0.2) is 0 Å². The molecule has 0 spiro atoms. The fraction of sp³-hybridized carbons (Fsp3) is 0.650. The summed E-state index contributed by atoms with van der Waals surface area (Å²) < 4.78 is 27.2. The van der Waals surface area contributed by atoms with Gasteiger partial charge in [0.2, 0.25) is 5.91 Å². The second-order valence-corrected chi connectivity index (χ2v) is 8.37. The van der Waals surface area contributed by atoms with Gasteiger partial charge in [0.1, 0.15) is 5.75 Å². The summed E-state index contributed by atoms with van der Waals surface area (Å²) in [5.41, 5.74) is 0.973. The fourth-order valence-electron chi connectivity index (χ4n) is 2.87. The molecule has 1 rings (SSSR count). The lowest BCUT2D eigenvalue weighted by Gasteiger charge is -2.27. The monoisotopic (exact) mass is 383 g/mol. The topological polar surface area (TPSA) is 63.7 Å². The van der Waals surface area contributed by atoms with Gasteiger partial charge < -0.3 is 9.08 Å². The van der Waals surface area contributed by atoms with Gasteiger partial charge in [-0.2, -0.15) is 8.42 Å². The van der Waals surface area contributed by atoms with Crippen LogP contribution in [0.3, 0.4) is 0 Å². The number of carbonyl (C=O) groups is 1. The van der Waals surface area contributed by atoms with E-state index in [9.17, 15) is 13.2 Å². The van der Waals surface area contributed by atoms with Crippen molar-refractivity contribution >= 4 is 16.0 Å². The van der Waals surface area contributed by atoms with Crippen LogP contribution >= 0.6 is 0 Å². The molecule has 0 radical (unpaired) electrons. The van der Waals surface area contributed by atoms with Gasteiger partial charge in [-0.05, 0) is 37.0 Å². The molecule has 0 N–H and O–H groups in total. The number of benzene rings is 1. The van der Waals surface area contributed by atoms with Crippen LogP contribution in [0.25, 0.3) is 0 Å². The highest BCUT2D eigenvalue weighted by molar-refractivity contribution is 7.86. The van der Waals surface area contributed by atoms with Crippen LogP contribution in [0.4, 0.5) is 0 Å². The first-order chi connectivity index (χ1) is 12.3. The highest BCUT2D eigenvalue weighted by atomic mass is 32.2. The van der Waals surface area contributed by atoms with E-state index in [-0.39, 0.29) is 17.6 Å². The normalized spacial score (nSPS) is 12.6. The molecule has 1 aromatic rings. The van der Waals surface area contributed by atoms with Crippen LogP contribution in [0.1, 0.15) is 64.9 Å². The van der Waals surface area contributed by atoms with Gasteiger partial charge in [0, 0.05) is 19.0 Å². The van der Waals surface area contributed by atoms with E-state index in [0.717, 1.165) is 56.9 Å². The van der Waals surface area contributed by atoms with Crippen molar-refractivity contribution in [3.8, 4) is 5.75 Å². The predicted octanol–water partition coefficient (Wildman–Crippen LogP) is 4.37. The Kier molecular flexibility index (Phi) is 9.70. The number of unbranched alkanes of at least 4 members (excludes halogenated alkanes) is 2. The van der Waals surface area contributed by atoms with Gasteiger partial charge >= 0.3 is 10.1 Å². The van der Waals surface area contributed by atoms with Crippen molar-refractivity contribution in [1.82, 2.24) is 4.90 Å². The van der Waals surface area contributed by atoms with Crippen molar-refractivity contribution in [2.75, 3.05) is 12.8 Å². The molecular weight excluding hydrogens is 350 g/mol. The van der Waals surface area contributed by atoms with E-state index in [1.807, 2.05) is 17.0 Å². The summed E-state index contributed by atoms with van der Waals surface area (Å²) in [6.45, 7) is 7.63. The first-order valence-corrected chi connectivity index (χ1v) is 11.4. The van der Waals surface area contributed by atoms with Gasteiger partial charge in [0.25, 0.3) is 0 Å². The Morgan fingerprint density at radius 2 is 1.69 bits per heavy atom. The van der Waals surface area contributed by atoms with E-state index in [4.69, 9.17) is 4.18 Å². The molecule has 1 atom stereocenters. The molecule has 0 saturated heterocycles. The third-order valence-electron chi connectivity index (χ3n) is 4.39.